The molecular weight excluding hydrogens is 526 g/mol. The lowest BCUT2D eigenvalue weighted by molar-refractivity contribution is 0.436. The molecule has 1 N–H and O–H groups in total. The van der Waals surface area contributed by atoms with E-state index >= 15 is 0 Å². The average Bonchev–Trinajstić information content (AvgIpc) is 3.06. The molecule has 0 aliphatic carbocycles. The van der Waals surface area contributed by atoms with Crippen LogP contribution in [0.5, 0.6) is 5.75 Å². The van der Waals surface area contributed by atoms with Gasteiger partial charge in [-0.1, -0.05) is 109 Å². The van der Waals surface area contributed by atoms with Crippen LogP contribution in [0, 0.1) is 0 Å². The Morgan fingerprint density at radius 2 is 1.28 bits per heavy atom. The zero-order chi connectivity index (χ0) is 29.6. The molecule has 208 valence electrons. The maximum absolute atomic E-state index is 10.1. The Hall–Kier alpha value is -5.67. The lowest BCUT2D eigenvalue weighted by atomic mass is 9.88. The van der Waals surface area contributed by atoms with Crippen molar-refractivity contribution in [1.29, 1.82) is 0 Å². The quantitative estimate of drug-likeness (QED) is 0.128. The topological polar surface area (TPSA) is 41.8 Å². The van der Waals surface area contributed by atoms with Gasteiger partial charge < -0.3 is 9.84 Å². The Morgan fingerprint density at radius 3 is 1.95 bits per heavy atom. The number of rotatable bonds is 6. The van der Waals surface area contributed by atoms with Gasteiger partial charge in [0.25, 0.3) is 0 Å². The van der Waals surface area contributed by atoms with Crippen LogP contribution in [0.25, 0.3) is 55.8 Å². The van der Waals surface area contributed by atoms with Crippen LogP contribution in [0.3, 0.4) is 0 Å². The standard InChI is InChI=1S/C40H31NO2/c1-3-11-28(16-10-23-41-2)29-12-8-13-30(24-29)31-14-9-15-32(25-31)33-21-22-39-38(26-33)36-19-5-4-17-34(36)35-18-6-7-20-37(35)40(27-42)43-39/h3-27,42H,2H2,1H3/b11-3+,23-10-,28-16+,40-27-. The molecule has 0 bridgehead atoms. The Morgan fingerprint density at radius 1 is 0.674 bits per heavy atom. The van der Waals surface area contributed by atoms with Crippen molar-refractivity contribution in [1.82, 2.24) is 0 Å². The first-order chi connectivity index (χ1) is 21.2. The molecule has 0 unspecified atom stereocenters. The van der Waals surface area contributed by atoms with Crippen LogP contribution in [0.15, 0.2) is 157 Å². The number of ether oxygens (including phenoxy) is 1. The van der Waals surface area contributed by atoms with Crippen molar-refractivity contribution in [3.8, 4) is 50.3 Å². The highest BCUT2D eigenvalue weighted by molar-refractivity contribution is 5.94. The van der Waals surface area contributed by atoms with Gasteiger partial charge in [-0.15, -0.1) is 0 Å². The van der Waals surface area contributed by atoms with Gasteiger partial charge in [-0.25, -0.2) is 0 Å². The molecule has 1 aliphatic heterocycles. The summed E-state index contributed by atoms with van der Waals surface area (Å²) in [5, 5.41) is 10.1. The number of aliphatic imine (C=N–C) groups is 1. The normalized spacial score (nSPS) is 13.6. The molecule has 0 saturated heterocycles. The summed E-state index contributed by atoms with van der Waals surface area (Å²) in [6.45, 7) is 5.54. The summed E-state index contributed by atoms with van der Waals surface area (Å²) in [5.41, 5.74) is 11.7. The number of allylic oxidation sites excluding steroid dienone is 5. The van der Waals surface area contributed by atoms with Gasteiger partial charge in [0.05, 0.1) is 0 Å². The third-order valence-corrected chi connectivity index (χ3v) is 7.56. The van der Waals surface area contributed by atoms with Crippen molar-refractivity contribution in [2.24, 2.45) is 4.99 Å². The van der Waals surface area contributed by atoms with Crippen LogP contribution in [0.2, 0.25) is 0 Å². The first kappa shape index (κ1) is 27.5. The molecule has 5 aromatic carbocycles. The highest BCUT2D eigenvalue weighted by Gasteiger charge is 2.22. The van der Waals surface area contributed by atoms with Crippen LogP contribution in [0.4, 0.5) is 0 Å². The van der Waals surface area contributed by atoms with Crippen molar-refractivity contribution in [3.63, 3.8) is 0 Å². The average molecular weight is 558 g/mol. The molecule has 5 aromatic rings. The predicted molar refractivity (Wildman–Crippen MR) is 181 cm³/mol. The van der Waals surface area contributed by atoms with Crippen molar-refractivity contribution in [2.75, 3.05) is 0 Å². The summed E-state index contributed by atoms with van der Waals surface area (Å²) in [6.07, 6.45) is 10.8. The Bertz CT molecular complexity index is 1940. The van der Waals surface area contributed by atoms with Gasteiger partial charge in [0, 0.05) is 17.3 Å². The SMILES string of the molecule is C=N\C=C/C=C(\C=C\C)c1cccc(-c2cccc(-c3ccc4c(c3)-c3ccccc3-c3ccccc3/C(=C/O)O4)c2)c1. The number of benzene rings is 5. The summed E-state index contributed by atoms with van der Waals surface area (Å²) < 4.78 is 6.33. The van der Waals surface area contributed by atoms with E-state index in [9.17, 15) is 5.11 Å². The monoisotopic (exact) mass is 557 g/mol. The van der Waals surface area contributed by atoms with Gasteiger partial charge in [-0.3, -0.25) is 4.99 Å². The summed E-state index contributed by atoms with van der Waals surface area (Å²) in [4.78, 5) is 3.81. The lowest BCUT2D eigenvalue weighted by Crippen LogP contribution is -2.03. The Labute approximate surface area is 252 Å². The van der Waals surface area contributed by atoms with Crippen LogP contribution >= 0.6 is 0 Å². The molecule has 0 atom stereocenters. The minimum atomic E-state index is 0.420. The van der Waals surface area contributed by atoms with Gasteiger partial charge in [-0.05, 0) is 94.1 Å². The zero-order valence-corrected chi connectivity index (χ0v) is 23.9. The van der Waals surface area contributed by atoms with E-state index in [0.29, 0.717) is 11.5 Å². The number of fused-ring (bicyclic) bond motifs is 5. The number of aliphatic hydroxyl groups excluding tert-OH is 1. The fourth-order valence-corrected chi connectivity index (χ4v) is 5.56. The van der Waals surface area contributed by atoms with E-state index in [0.717, 1.165) is 67.5 Å². The second kappa shape index (κ2) is 12.5. The number of aliphatic hydroxyl groups is 1. The molecule has 3 nitrogen and oxygen atoms in total. The van der Waals surface area contributed by atoms with Gasteiger partial charge in [-0.2, -0.15) is 0 Å². The second-order valence-electron chi connectivity index (χ2n) is 10.2. The van der Waals surface area contributed by atoms with E-state index in [2.05, 4.69) is 103 Å². The van der Waals surface area contributed by atoms with E-state index in [1.54, 1.807) is 6.20 Å². The van der Waals surface area contributed by atoms with Crippen molar-refractivity contribution in [3.05, 3.63) is 163 Å². The summed E-state index contributed by atoms with van der Waals surface area (Å²) >= 11 is 0. The maximum Gasteiger partial charge on any atom is 0.169 e. The largest absolute Gasteiger partial charge is 0.512 e. The van der Waals surface area contributed by atoms with Crippen LogP contribution < -0.4 is 4.74 Å². The number of hydrogen-bond acceptors (Lipinski definition) is 3. The van der Waals surface area contributed by atoms with Gasteiger partial charge in [0.2, 0.25) is 0 Å². The molecule has 0 fully saturated rings. The summed E-state index contributed by atoms with van der Waals surface area (Å²) in [6, 6.07) is 39.8. The van der Waals surface area contributed by atoms with Gasteiger partial charge in [0.1, 0.15) is 12.0 Å². The highest BCUT2D eigenvalue weighted by atomic mass is 16.5. The van der Waals surface area contributed by atoms with Gasteiger partial charge >= 0.3 is 0 Å². The Balaban J connectivity index is 1.43. The number of hydrogen-bond donors (Lipinski definition) is 1. The van der Waals surface area contributed by atoms with Crippen molar-refractivity contribution < 1.29 is 9.84 Å². The maximum atomic E-state index is 10.1. The summed E-state index contributed by atoms with van der Waals surface area (Å²) in [5.74, 6) is 1.11. The van der Waals surface area contributed by atoms with Crippen LogP contribution in [-0.4, -0.2) is 11.8 Å². The summed E-state index contributed by atoms with van der Waals surface area (Å²) in [7, 11) is 0. The third-order valence-electron chi connectivity index (χ3n) is 7.56. The van der Waals surface area contributed by atoms with E-state index in [-0.39, 0.29) is 0 Å². The first-order valence-electron chi connectivity index (χ1n) is 14.2. The molecule has 0 aromatic heterocycles. The fourth-order valence-electron chi connectivity index (χ4n) is 5.56. The van der Waals surface area contributed by atoms with Crippen molar-refractivity contribution in [2.45, 2.75) is 6.92 Å². The van der Waals surface area contributed by atoms with Crippen molar-refractivity contribution >= 4 is 18.0 Å². The molecule has 43 heavy (non-hydrogen) atoms. The molecular formula is C40H31NO2. The minimum Gasteiger partial charge on any atom is -0.512 e. The molecule has 3 heteroatoms. The van der Waals surface area contributed by atoms with E-state index < -0.39 is 0 Å². The van der Waals surface area contributed by atoms with Gasteiger partial charge in [0.15, 0.2) is 5.76 Å². The van der Waals surface area contributed by atoms with Crippen LogP contribution in [-0.2, 0) is 0 Å². The first-order valence-corrected chi connectivity index (χ1v) is 14.2. The minimum absolute atomic E-state index is 0.420. The molecule has 0 spiro atoms. The van der Waals surface area contributed by atoms with E-state index in [1.807, 2.05) is 55.5 Å². The molecule has 0 saturated carbocycles. The molecule has 6 rings (SSSR count). The second-order valence-corrected chi connectivity index (χ2v) is 10.2. The highest BCUT2D eigenvalue weighted by Crippen LogP contribution is 2.45. The molecule has 1 aliphatic rings. The third kappa shape index (κ3) is 5.61. The van der Waals surface area contributed by atoms with Crippen LogP contribution in [0.1, 0.15) is 18.1 Å². The van der Waals surface area contributed by atoms with E-state index in [1.165, 1.54) is 0 Å². The Kier molecular flexibility index (Phi) is 7.97. The number of nitrogens with zero attached hydrogens (tertiary/aromatic N) is 1. The predicted octanol–water partition coefficient (Wildman–Crippen LogP) is 10.8. The zero-order valence-electron chi connectivity index (χ0n) is 23.9. The molecule has 0 radical (unpaired) electrons. The lowest BCUT2D eigenvalue weighted by Gasteiger charge is -2.22. The fraction of sp³-hybridized carbons (Fsp3) is 0.0250. The molecule has 0 amide bonds. The molecule has 1 heterocycles. The smallest absolute Gasteiger partial charge is 0.169 e. The van der Waals surface area contributed by atoms with E-state index in [4.69, 9.17) is 4.74 Å².